The second-order valence-electron chi connectivity index (χ2n) is 8.52. The maximum Gasteiger partial charge on any atom is 0.357 e. The van der Waals surface area contributed by atoms with Crippen molar-refractivity contribution in [2.45, 2.75) is 77.3 Å². The maximum absolute atomic E-state index is 12.6. The Bertz CT molecular complexity index is 850. The van der Waals surface area contributed by atoms with E-state index in [1.165, 1.54) is 5.56 Å². The van der Waals surface area contributed by atoms with Gasteiger partial charge in [0.05, 0.1) is 12.7 Å². The monoisotopic (exact) mass is 447 g/mol. The number of carboxylic acid groups (broad SMARTS) is 1. The summed E-state index contributed by atoms with van der Waals surface area (Å²) >= 11 is -1.35. The zero-order valence-electron chi connectivity index (χ0n) is 18.6. The van der Waals surface area contributed by atoms with Crippen molar-refractivity contribution < 1.29 is 23.6 Å². The molecule has 1 aromatic heterocycles. The third-order valence-electron chi connectivity index (χ3n) is 5.93. The first kappa shape index (κ1) is 23.8. The van der Waals surface area contributed by atoms with Gasteiger partial charge in [-0.2, -0.15) is 0 Å². The van der Waals surface area contributed by atoms with Crippen molar-refractivity contribution in [1.29, 1.82) is 0 Å². The van der Waals surface area contributed by atoms with E-state index in [1.54, 1.807) is 0 Å². The van der Waals surface area contributed by atoms with Gasteiger partial charge in [-0.05, 0) is 56.4 Å². The summed E-state index contributed by atoms with van der Waals surface area (Å²) in [6.07, 6.45) is 5.01. The summed E-state index contributed by atoms with van der Waals surface area (Å²) in [5.74, 6) is 1.09. The highest BCUT2D eigenvalue weighted by molar-refractivity contribution is 7.92. The van der Waals surface area contributed by atoms with Gasteiger partial charge < -0.3 is 18.8 Å². The number of aliphatic carboxylic acids is 1. The Labute approximate surface area is 187 Å². The Morgan fingerprint density at radius 3 is 2.74 bits per heavy atom. The van der Waals surface area contributed by atoms with E-state index in [1.807, 2.05) is 45.0 Å². The van der Waals surface area contributed by atoms with Crippen LogP contribution in [0.15, 0.2) is 28.7 Å². The lowest BCUT2D eigenvalue weighted by Gasteiger charge is -2.30. The van der Waals surface area contributed by atoms with Gasteiger partial charge in [-0.15, -0.1) is 0 Å². The van der Waals surface area contributed by atoms with Gasteiger partial charge in [-0.3, -0.25) is 0 Å². The molecular formula is C24H33NO5S. The summed E-state index contributed by atoms with van der Waals surface area (Å²) in [6.45, 7) is 6.25. The highest BCUT2D eigenvalue weighted by atomic mass is 32.2. The number of oxazole rings is 1. The summed E-state index contributed by atoms with van der Waals surface area (Å²) in [7, 11) is 0. The van der Waals surface area contributed by atoms with Crippen molar-refractivity contribution in [2.24, 2.45) is 5.92 Å². The van der Waals surface area contributed by atoms with Gasteiger partial charge in [0.2, 0.25) is 11.1 Å². The number of hydrogen-bond acceptors (Lipinski definition) is 5. The summed E-state index contributed by atoms with van der Waals surface area (Å²) < 4.78 is 24.6. The molecule has 31 heavy (non-hydrogen) atoms. The Kier molecular flexibility index (Phi) is 8.58. The first-order chi connectivity index (χ1) is 14.9. The van der Waals surface area contributed by atoms with E-state index in [0.717, 1.165) is 49.1 Å². The van der Waals surface area contributed by atoms with Crippen LogP contribution in [-0.4, -0.2) is 37.7 Å². The van der Waals surface area contributed by atoms with Crippen LogP contribution in [0.1, 0.15) is 62.5 Å². The minimum absolute atomic E-state index is 0.0733. The molecule has 1 heterocycles. The lowest BCUT2D eigenvalue weighted by atomic mass is 9.88. The van der Waals surface area contributed by atoms with Crippen molar-refractivity contribution >= 4 is 17.1 Å². The Morgan fingerprint density at radius 1 is 1.32 bits per heavy atom. The number of ether oxygens (including phenoxy) is 1. The van der Waals surface area contributed by atoms with E-state index in [2.05, 4.69) is 4.98 Å². The molecule has 1 aliphatic carbocycles. The van der Waals surface area contributed by atoms with E-state index in [4.69, 9.17) is 9.15 Å². The van der Waals surface area contributed by atoms with Gasteiger partial charge in [-0.1, -0.05) is 37.5 Å². The largest absolute Gasteiger partial charge is 0.616 e. The van der Waals surface area contributed by atoms with Crippen LogP contribution in [0.5, 0.6) is 0 Å². The molecule has 0 bridgehead atoms. The molecule has 1 fully saturated rings. The topological polar surface area (TPSA) is 95.6 Å². The second kappa shape index (κ2) is 11.2. The molecule has 0 amide bonds. The lowest BCUT2D eigenvalue weighted by molar-refractivity contribution is -0.136. The van der Waals surface area contributed by atoms with Gasteiger partial charge in [0.1, 0.15) is 17.2 Å². The number of nitrogens with zero attached hydrogens (tertiary/aromatic N) is 1. The predicted octanol–water partition coefficient (Wildman–Crippen LogP) is 5.04. The van der Waals surface area contributed by atoms with Crippen molar-refractivity contribution in [1.82, 2.24) is 4.98 Å². The normalized spacial score (nSPS) is 21.0. The zero-order valence-corrected chi connectivity index (χ0v) is 19.5. The van der Waals surface area contributed by atoms with E-state index in [-0.39, 0.29) is 12.0 Å². The van der Waals surface area contributed by atoms with Crippen molar-refractivity contribution in [3.05, 3.63) is 41.3 Å². The van der Waals surface area contributed by atoms with E-state index >= 15 is 0 Å². The molecule has 0 radical (unpaired) electrons. The van der Waals surface area contributed by atoms with Gasteiger partial charge >= 0.3 is 5.97 Å². The first-order valence-corrected chi connectivity index (χ1v) is 12.5. The molecule has 2 aromatic rings. The van der Waals surface area contributed by atoms with Crippen LogP contribution in [-0.2, 0) is 27.3 Å². The minimum atomic E-state index is -1.35. The molecule has 170 valence electrons. The summed E-state index contributed by atoms with van der Waals surface area (Å²) in [5, 5.41) is 8.60. The average molecular weight is 448 g/mol. The molecule has 4 atom stereocenters. The van der Waals surface area contributed by atoms with Gasteiger partial charge in [0, 0.05) is 17.9 Å². The Hall–Kier alpha value is -1.83. The Morgan fingerprint density at radius 2 is 2.06 bits per heavy atom. The molecule has 7 heteroatoms. The summed E-state index contributed by atoms with van der Waals surface area (Å²) in [4.78, 5) is 16.0. The minimum Gasteiger partial charge on any atom is -0.616 e. The first-order valence-electron chi connectivity index (χ1n) is 11.1. The van der Waals surface area contributed by atoms with E-state index in [9.17, 15) is 14.5 Å². The van der Waals surface area contributed by atoms with Gasteiger partial charge in [-0.25, -0.2) is 9.78 Å². The van der Waals surface area contributed by atoms with Crippen LogP contribution in [0.4, 0.5) is 0 Å². The third-order valence-corrected chi connectivity index (χ3v) is 7.80. The molecule has 0 saturated heterocycles. The van der Waals surface area contributed by atoms with Crippen molar-refractivity contribution in [3.8, 4) is 11.5 Å². The number of rotatable bonds is 10. The average Bonchev–Trinajstić information content (AvgIpc) is 3.11. The van der Waals surface area contributed by atoms with Crippen LogP contribution in [0, 0.1) is 19.8 Å². The van der Waals surface area contributed by atoms with Crippen LogP contribution >= 0.6 is 0 Å². The van der Waals surface area contributed by atoms with Crippen LogP contribution < -0.4 is 0 Å². The fourth-order valence-corrected chi connectivity index (χ4v) is 5.82. The highest BCUT2D eigenvalue weighted by Crippen LogP contribution is 2.30. The highest BCUT2D eigenvalue weighted by Gasteiger charge is 2.33. The fraction of sp³-hybridized carbons (Fsp3) is 0.583. The second-order valence-corrected chi connectivity index (χ2v) is 10.2. The van der Waals surface area contributed by atoms with E-state index in [0.29, 0.717) is 24.7 Å². The molecule has 1 aromatic carbocycles. The van der Waals surface area contributed by atoms with Crippen LogP contribution in [0.25, 0.3) is 11.5 Å². The number of hydrogen-bond donors (Lipinski definition) is 1. The van der Waals surface area contributed by atoms with Crippen LogP contribution in [0.2, 0.25) is 0 Å². The SMILES string of the molecule is CCCC(C(=O)O)[S+]([O-])C[C@H]1CCC[C@@H](OCc2nc(-c3ccc(C)cc3)oc2C)C1. The number of aromatic nitrogens is 1. The number of aryl methyl sites for hydroxylation is 2. The fourth-order valence-electron chi connectivity index (χ4n) is 4.10. The lowest BCUT2D eigenvalue weighted by Crippen LogP contribution is -2.36. The molecule has 0 aliphatic heterocycles. The number of carbonyl (C=O) groups is 1. The molecular weight excluding hydrogens is 414 g/mol. The molecule has 1 saturated carbocycles. The standard InChI is InChI=1S/C24H33NO5S/c1-4-6-22(24(26)27)31(28)15-18-7-5-8-20(13-18)29-14-21-17(3)30-23(25-21)19-11-9-16(2)10-12-19/h9-12,18,20,22H,4-8,13-15H2,1-3H3,(H,26,27)/t18-,20+,22?,31?/m0/s1. The molecule has 1 aliphatic rings. The zero-order chi connectivity index (χ0) is 22.4. The number of benzene rings is 1. The molecule has 2 unspecified atom stereocenters. The quantitative estimate of drug-likeness (QED) is 0.513. The maximum atomic E-state index is 12.6. The molecule has 1 N–H and O–H groups in total. The van der Waals surface area contributed by atoms with E-state index < -0.39 is 22.4 Å². The predicted molar refractivity (Wildman–Crippen MR) is 121 cm³/mol. The van der Waals surface area contributed by atoms with Gasteiger partial charge in [0.15, 0.2) is 0 Å². The summed E-state index contributed by atoms with van der Waals surface area (Å²) in [5.41, 5.74) is 2.93. The number of carboxylic acids is 1. The summed E-state index contributed by atoms with van der Waals surface area (Å²) in [6, 6.07) is 8.07. The smallest absolute Gasteiger partial charge is 0.357 e. The van der Waals surface area contributed by atoms with Crippen molar-refractivity contribution in [3.63, 3.8) is 0 Å². The van der Waals surface area contributed by atoms with Crippen LogP contribution in [0.3, 0.4) is 0 Å². The Balaban J connectivity index is 1.54. The van der Waals surface area contributed by atoms with Crippen molar-refractivity contribution in [2.75, 3.05) is 5.75 Å². The van der Waals surface area contributed by atoms with Gasteiger partial charge in [0.25, 0.3) is 0 Å². The molecule has 3 rings (SSSR count). The third kappa shape index (κ3) is 6.57. The molecule has 0 spiro atoms. The molecule has 6 nitrogen and oxygen atoms in total.